The second-order valence-corrected chi connectivity index (χ2v) is 10.8. The minimum Gasteiger partial charge on any atom is -0.481 e. The Morgan fingerprint density at radius 3 is 2.44 bits per heavy atom. The van der Waals surface area contributed by atoms with Gasteiger partial charge in [0.25, 0.3) is 5.91 Å². The van der Waals surface area contributed by atoms with Gasteiger partial charge in [-0.25, -0.2) is 4.39 Å². The van der Waals surface area contributed by atoms with Crippen molar-refractivity contribution in [1.82, 2.24) is 9.80 Å². The van der Waals surface area contributed by atoms with Crippen molar-refractivity contribution in [2.45, 2.75) is 64.1 Å². The molecule has 2 aliphatic rings. The monoisotopic (exact) mass is 528 g/mol. The maximum absolute atomic E-state index is 13.8. The molecule has 6 heteroatoms. The largest absolute Gasteiger partial charge is 0.481 e. The Balaban J connectivity index is 1.41. The molecule has 0 radical (unpaired) electrons. The van der Waals surface area contributed by atoms with E-state index < -0.39 is 6.10 Å². The molecule has 1 saturated carbocycles. The smallest absolute Gasteiger partial charge is 0.263 e. The molecule has 204 valence electrons. The molecule has 2 amide bonds. The van der Waals surface area contributed by atoms with Crippen LogP contribution in [0.15, 0.2) is 72.8 Å². The molecule has 1 aliphatic carbocycles. The number of fused-ring (bicyclic) bond motifs is 1. The minimum atomic E-state index is -0.624. The zero-order valence-electron chi connectivity index (χ0n) is 22.8. The van der Waals surface area contributed by atoms with Gasteiger partial charge in [-0.2, -0.15) is 0 Å². The predicted molar refractivity (Wildman–Crippen MR) is 150 cm³/mol. The SMILES string of the molecule is CC[C@H](Oc1ccc2c(c1)[C@H](c1ccc(F)cc1)N(C(=O)C1CCCC1)CC2)C(=O)N(C)Cc1ccccc1. The van der Waals surface area contributed by atoms with Crippen molar-refractivity contribution < 1.29 is 18.7 Å². The number of halogens is 1. The van der Waals surface area contributed by atoms with E-state index >= 15 is 0 Å². The first-order valence-electron chi connectivity index (χ1n) is 14.1. The summed E-state index contributed by atoms with van der Waals surface area (Å²) in [5.74, 6) is 0.458. The highest BCUT2D eigenvalue weighted by atomic mass is 19.1. The van der Waals surface area contributed by atoms with Crippen LogP contribution in [-0.4, -0.2) is 41.3 Å². The number of carbonyl (C=O) groups is 2. The number of likely N-dealkylation sites (N-methyl/N-ethyl adjacent to an activating group) is 1. The molecule has 1 aliphatic heterocycles. The molecule has 0 saturated heterocycles. The maximum Gasteiger partial charge on any atom is 0.263 e. The summed E-state index contributed by atoms with van der Waals surface area (Å²) >= 11 is 0. The molecule has 3 aromatic carbocycles. The second-order valence-electron chi connectivity index (χ2n) is 10.8. The molecular weight excluding hydrogens is 491 g/mol. The van der Waals surface area contributed by atoms with E-state index in [1.807, 2.05) is 60.4 Å². The van der Waals surface area contributed by atoms with E-state index in [0.717, 1.165) is 54.4 Å². The summed E-state index contributed by atoms with van der Waals surface area (Å²) in [5.41, 5.74) is 4.07. The Hall–Kier alpha value is -3.67. The van der Waals surface area contributed by atoms with Gasteiger partial charge in [-0.1, -0.05) is 68.3 Å². The number of hydrogen-bond donors (Lipinski definition) is 0. The lowest BCUT2D eigenvalue weighted by Crippen LogP contribution is -2.43. The number of carbonyl (C=O) groups excluding carboxylic acids is 2. The highest BCUT2D eigenvalue weighted by molar-refractivity contribution is 5.81. The van der Waals surface area contributed by atoms with E-state index in [1.165, 1.54) is 12.1 Å². The summed E-state index contributed by atoms with van der Waals surface area (Å²) < 4.78 is 20.1. The van der Waals surface area contributed by atoms with E-state index in [1.54, 1.807) is 24.1 Å². The lowest BCUT2D eigenvalue weighted by molar-refractivity contribution is -0.138. The summed E-state index contributed by atoms with van der Waals surface area (Å²) in [7, 11) is 1.80. The Morgan fingerprint density at radius 2 is 1.74 bits per heavy atom. The van der Waals surface area contributed by atoms with Crippen LogP contribution < -0.4 is 4.74 Å². The van der Waals surface area contributed by atoms with Crippen molar-refractivity contribution in [3.05, 3.63) is 101 Å². The summed E-state index contributed by atoms with van der Waals surface area (Å²) in [4.78, 5) is 30.6. The normalized spacial score (nSPS) is 17.9. The summed E-state index contributed by atoms with van der Waals surface area (Å²) in [6.07, 6.45) is 4.69. The highest BCUT2D eigenvalue weighted by Crippen LogP contribution is 2.40. The number of amides is 2. The van der Waals surface area contributed by atoms with E-state index in [2.05, 4.69) is 0 Å². The van der Waals surface area contributed by atoms with Crippen molar-refractivity contribution in [2.75, 3.05) is 13.6 Å². The zero-order valence-corrected chi connectivity index (χ0v) is 22.8. The Kier molecular flexibility index (Phi) is 8.30. The van der Waals surface area contributed by atoms with E-state index in [-0.39, 0.29) is 29.6 Å². The molecule has 0 aromatic heterocycles. The summed E-state index contributed by atoms with van der Waals surface area (Å²) in [6.45, 7) is 3.08. The first-order chi connectivity index (χ1) is 18.9. The van der Waals surface area contributed by atoms with Crippen molar-refractivity contribution >= 4 is 11.8 Å². The third kappa shape index (κ3) is 6.00. The zero-order chi connectivity index (χ0) is 27.4. The molecule has 0 N–H and O–H groups in total. The van der Waals surface area contributed by atoms with Crippen molar-refractivity contribution in [2.24, 2.45) is 5.92 Å². The topological polar surface area (TPSA) is 49.9 Å². The average Bonchev–Trinajstić information content (AvgIpc) is 3.51. The minimum absolute atomic E-state index is 0.0520. The molecule has 0 unspecified atom stereocenters. The van der Waals surface area contributed by atoms with Gasteiger partial charge >= 0.3 is 0 Å². The molecule has 0 bridgehead atoms. The van der Waals surface area contributed by atoms with Gasteiger partial charge in [0.15, 0.2) is 6.10 Å². The molecule has 5 rings (SSSR count). The third-order valence-corrected chi connectivity index (χ3v) is 8.08. The number of rotatable bonds is 8. The Labute approximate surface area is 230 Å². The van der Waals surface area contributed by atoms with Crippen LogP contribution in [0.2, 0.25) is 0 Å². The van der Waals surface area contributed by atoms with Crippen molar-refractivity contribution in [3.8, 4) is 5.75 Å². The second kappa shape index (κ2) is 12.0. The van der Waals surface area contributed by atoms with E-state index in [0.29, 0.717) is 25.3 Å². The van der Waals surface area contributed by atoms with Gasteiger partial charge in [0, 0.05) is 26.1 Å². The Bertz CT molecular complexity index is 1290. The van der Waals surface area contributed by atoms with Crippen LogP contribution in [-0.2, 0) is 22.6 Å². The fourth-order valence-corrected chi connectivity index (χ4v) is 5.97. The molecule has 1 fully saturated rings. The Morgan fingerprint density at radius 1 is 1.03 bits per heavy atom. The first kappa shape index (κ1) is 26.9. The molecular formula is C33H37FN2O3. The lowest BCUT2D eigenvalue weighted by Gasteiger charge is -2.39. The maximum atomic E-state index is 13.8. The summed E-state index contributed by atoms with van der Waals surface area (Å²) in [6, 6.07) is 22.0. The van der Waals surface area contributed by atoms with Crippen molar-refractivity contribution in [1.29, 1.82) is 0 Å². The highest BCUT2D eigenvalue weighted by Gasteiger charge is 2.36. The standard InChI is InChI=1S/C33H37FN2O3/c1-3-30(33(38)35(2)22-23-9-5-4-6-10-23)39-28-18-15-24-19-20-36(32(37)26-11-7-8-12-26)31(29(24)21-28)25-13-16-27(34)17-14-25/h4-6,9-10,13-18,21,26,30-31H,3,7-8,11-12,19-20,22H2,1-2H3/t30-,31-/m0/s1. The molecule has 1 heterocycles. The third-order valence-electron chi connectivity index (χ3n) is 8.08. The van der Waals surface area contributed by atoms with Gasteiger partial charge in [-0.3, -0.25) is 9.59 Å². The van der Waals surface area contributed by atoms with Gasteiger partial charge in [0.2, 0.25) is 5.91 Å². The number of benzene rings is 3. The number of hydrogen-bond acceptors (Lipinski definition) is 3. The van der Waals surface area contributed by atoms with Gasteiger partial charge in [-0.05, 0) is 72.2 Å². The molecule has 2 atom stereocenters. The lowest BCUT2D eigenvalue weighted by atomic mass is 9.87. The van der Waals surface area contributed by atoms with Gasteiger partial charge in [0.1, 0.15) is 11.6 Å². The fraction of sp³-hybridized carbons (Fsp3) is 0.394. The van der Waals surface area contributed by atoms with Crippen LogP contribution in [0.25, 0.3) is 0 Å². The van der Waals surface area contributed by atoms with Crippen LogP contribution in [0.3, 0.4) is 0 Å². The van der Waals surface area contributed by atoms with Crippen LogP contribution in [0, 0.1) is 11.7 Å². The van der Waals surface area contributed by atoms with Crippen LogP contribution in [0.1, 0.15) is 67.3 Å². The quantitative estimate of drug-likeness (QED) is 0.345. The molecule has 3 aromatic rings. The number of nitrogens with zero attached hydrogens (tertiary/aromatic N) is 2. The van der Waals surface area contributed by atoms with Crippen LogP contribution in [0.5, 0.6) is 5.75 Å². The van der Waals surface area contributed by atoms with Crippen LogP contribution >= 0.6 is 0 Å². The number of ether oxygens (including phenoxy) is 1. The van der Waals surface area contributed by atoms with E-state index in [4.69, 9.17) is 4.74 Å². The molecule has 5 nitrogen and oxygen atoms in total. The van der Waals surface area contributed by atoms with Gasteiger partial charge in [-0.15, -0.1) is 0 Å². The van der Waals surface area contributed by atoms with E-state index in [9.17, 15) is 14.0 Å². The van der Waals surface area contributed by atoms with Gasteiger partial charge < -0.3 is 14.5 Å². The van der Waals surface area contributed by atoms with Gasteiger partial charge in [0.05, 0.1) is 6.04 Å². The average molecular weight is 529 g/mol. The fourth-order valence-electron chi connectivity index (χ4n) is 5.97. The van der Waals surface area contributed by atoms with Crippen LogP contribution in [0.4, 0.5) is 4.39 Å². The van der Waals surface area contributed by atoms with Crippen molar-refractivity contribution in [3.63, 3.8) is 0 Å². The summed E-state index contributed by atoms with van der Waals surface area (Å²) in [5, 5.41) is 0. The first-order valence-corrected chi connectivity index (χ1v) is 14.1. The molecule has 0 spiro atoms. The molecule has 39 heavy (non-hydrogen) atoms. The predicted octanol–water partition coefficient (Wildman–Crippen LogP) is 6.31.